The lowest BCUT2D eigenvalue weighted by Crippen LogP contribution is -2.29. The van der Waals surface area contributed by atoms with E-state index in [1.54, 1.807) is 36.4 Å². The Morgan fingerprint density at radius 1 is 0.857 bits per heavy atom. The number of aromatic carboxylic acids is 1. The molecule has 146 valence electrons. The second kappa shape index (κ2) is 9.81. The minimum atomic E-state index is -1.24. The highest BCUT2D eigenvalue weighted by atomic mass is 33.1. The van der Waals surface area contributed by atoms with Crippen molar-refractivity contribution in [1.82, 2.24) is 10.6 Å². The van der Waals surface area contributed by atoms with E-state index < -0.39 is 30.3 Å². The maximum Gasteiger partial charge on any atom is 0.337 e. The number of aliphatic carboxylic acids is 1. The number of amides is 2. The molecule has 0 saturated heterocycles. The van der Waals surface area contributed by atoms with Crippen molar-refractivity contribution in [3.63, 3.8) is 0 Å². The first-order valence-corrected chi connectivity index (χ1v) is 10.0. The van der Waals surface area contributed by atoms with Crippen molar-refractivity contribution in [2.75, 3.05) is 13.6 Å². The van der Waals surface area contributed by atoms with Gasteiger partial charge >= 0.3 is 11.9 Å². The average molecular weight is 420 g/mol. The molecule has 8 nitrogen and oxygen atoms in total. The number of hydrogen-bond donors (Lipinski definition) is 4. The van der Waals surface area contributed by atoms with Crippen molar-refractivity contribution in [3.8, 4) is 0 Å². The summed E-state index contributed by atoms with van der Waals surface area (Å²) >= 11 is 0. The first kappa shape index (κ1) is 21.3. The molecule has 2 rings (SSSR count). The average Bonchev–Trinajstić information content (AvgIpc) is 2.69. The summed E-state index contributed by atoms with van der Waals surface area (Å²) in [7, 11) is 3.63. The first-order valence-electron chi connectivity index (χ1n) is 7.87. The summed E-state index contributed by atoms with van der Waals surface area (Å²) in [5.74, 6) is -3.47. The standard InChI is InChI=1S/C18H16N2O6S2/c1-19-16(23)11-6-4-8-13(15(11)18(25)26)28-27-12-7-3-2-5-10(12)17(24)20-9-14(21)22/h2-8H,9H2,1H3,(H,19,23)(H,20,24)(H,21,22)(H,25,26). The van der Waals surface area contributed by atoms with Gasteiger partial charge < -0.3 is 20.8 Å². The van der Waals surface area contributed by atoms with E-state index in [4.69, 9.17) is 5.11 Å². The maximum atomic E-state index is 12.2. The molecular formula is C18H16N2O6S2. The maximum absolute atomic E-state index is 12.2. The number of carbonyl (C=O) groups is 4. The molecule has 0 fully saturated rings. The van der Waals surface area contributed by atoms with E-state index in [0.717, 1.165) is 21.6 Å². The van der Waals surface area contributed by atoms with Crippen LogP contribution in [-0.2, 0) is 4.79 Å². The van der Waals surface area contributed by atoms with Crippen molar-refractivity contribution in [2.24, 2.45) is 0 Å². The number of hydrogen-bond acceptors (Lipinski definition) is 6. The molecule has 0 bridgehead atoms. The van der Waals surface area contributed by atoms with Gasteiger partial charge in [-0.25, -0.2) is 4.79 Å². The molecule has 28 heavy (non-hydrogen) atoms. The zero-order valence-electron chi connectivity index (χ0n) is 14.6. The molecule has 0 aliphatic carbocycles. The van der Waals surface area contributed by atoms with E-state index in [0.29, 0.717) is 9.79 Å². The Morgan fingerprint density at radius 2 is 1.46 bits per heavy atom. The Hall–Kier alpha value is -2.98. The van der Waals surface area contributed by atoms with Gasteiger partial charge in [0.15, 0.2) is 0 Å². The molecule has 2 aromatic rings. The van der Waals surface area contributed by atoms with Crippen LogP contribution in [0.2, 0.25) is 0 Å². The quantitative estimate of drug-likeness (QED) is 0.479. The molecule has 0 heterocycles. The molecule has 10 heteroatoms. The number of carboxylic acid groups (broad SMARTS) is 2. The molecule has 0 aliphatic rings. The van der Waals surface area contributed by atoms with Crippen molar-refractivity contribution < 1.29 is 29.4 Å². The highest BCUT2D eigenvalue weighted by molar-refractivity contribution is 8.76. The minimum absolute atomic E-state index is 0.0353. The molecular weight excluding hydrogens is 404 g/mol. The van der Waals surface area contributed by atoms with Crippen molar-refractivity contribution in [1.29, 1.82) is 0 Å². The third-order valence-corrected chi connectivity index (χ3v) is 5.93. The summed E-state index contributed by atoms with van der Waals surface area (Å²) < 4.78 is 0. The second-order valence-corrected chi connectivity index (χ2v) is 7.52. The summed E-state index contributed by atoms with van der Waals surface area (Å²) in [5, 5.41) is 22.9. The molecule has 0 atom stereocenters. The van der Waals surface area contributed by atoms with Crippen LogP contribution >= 0.6 is 21.6 Å². The summed E-state index contributed by atoms with van der Waals surface area (Å²) in [6, 6.07) is 11.1. The van der Waals surface area contributed by atoms with Gasteiger partial charge in [-0.15, -0.1) is 0 Å². The van der Waals surface area contributed by atoms with Crippen LogP contribution in [0.5, 0.6) is 0 Å². The molecule has 2 amide bonds. The minimum Gasteiger partial charge on any atom is -0.480 e. The van der Waals surface area contributed by atoms with Gasteiger partial charge in [-0.05, 0) is 24.3 Å². The van der Waals surface area contributed by atoms with Crippen LogP contribution in [0.25, 0.3) is 0 Å². The van der Waals surface area contributed by atoms with E-state index in [1.165, 1.54) is 13.1 Å². The Morgan fingerprint density at radius 3 is 2.11 bits per heavy atom. The zero-order chi connectivity index (χ0) is 20.7. The van der Waals surface area contributed by atoms with Gasteiger partial charge in [0.25, 0.3) is 11.8 Å². The van der Waals surface area contributed by atoms with Gasteiger partial charge in [0.2, 0.25) is 0 Å². The normalized spacial score (nSPS) is 10.2. The summed E-state index contributed by atoms with van der Waals surface area (Å²) in [6.45, 7) is -0.512. The smallest absolute Gasteiger partial charge is 0.337 e. The Kier molecular flexibility index (Phi) is 7.47. The lowest BCUT2D eigenvalue weighted by atomic mass is 10.1. The lowest BCUT2D eigenvalue weighted by Gasteiger charge is -2.11. The molecule has 0 radical (unpaired) electrons. The Balaban J connectivity index is 2.28. The van der Waals surface area contributed by atoms with Crippen LogP contribution in [-0.4, -0.2) is 47.6 Å². The number of benzene rings is 2. The summed E-state index contributed by atoms with van der Waals surface area (Å²) in [5.41, 5.74) is 0.167. The van der Waals surface area contributed by atoms with Gasteiger partial charge in [-0.3, -0.25) is 14.4 Å². The number of rotatable bonds is 8. The molecule has 0 aromatic heterocycles. The number of carbonyl (C=O) groups excluding carboxylic acids is 2. The van der Waals surface area contributed by atoms with Crippen molar-refractivity contribution in [2.45, 2.75) is 9.79 Å². The fraction of sp³-hybridized carbons (Fsp3) is 0.111. The largest absolute Gasteiger partial charge is 0.480 e. The first-order chi connectivity index (χ1) is 13.3. The molecule has 0 saturated carbocycles. The topological polar surface area (TPSA) is 133 Å². The molecule has 2 aromatic carbocycles. The fourth-order valence-electron chi connectivity index (χ4n) is 2.21. The zero-order valence-corrected chi connectivity index (χ0v) is 16.2. The number of nitrogens with one attached hydrogen (secondary N) is 2. The van der Waals surface area contributed by atoms with E-state index >= 15 is 0 Å². The summed E-state index contributed by atoms with van der Waals surface area (Å²) in [6.07, 6.45) is 0. The van der Waals surface area contributed by atoms with Crippen LogP contribution in [0, 0.1) is 0 Å². The molecule has 4 N–H and O–H groups in total. The summed E-state index contributed by atoms with van der Waals surface area (Å²) in [4.78, 5) is 47.3. The molecule has 0 unspecified atom stereocenters. The fourth-order valence-corrected chi connectivity index (χ4v) is 4.58. The van der Waals surface area contributed by atoms with Gasteiger partial charge in [-0.1, -0.05) is 39.8 Å². The van der Waals surface area contributed by atoms with E-state index in [9.17, 15) is 24.3 Å². The van der Waals surface area contributed by atoms with Gasteiger partial charge in [0.05, 0.1) is 16.7 Å². The van der Waals surface area contributed by atoms with Gasteiger partial charge in [0.1, 0.15) is 6.54 Å². The van der Waals surface area contributed by atoms with Crippen LogP contribution in [0.1, 0.15) is 31.1 Å². The van der Waals surface area contributed by atoms with Gasteiger partial charge in [0, 0.05) is 16.8 Å². The van der Waals surface area contributed by atoms with Crippen LogP contribution in [0.4, 0.5) is 0 Å². The predicted molar refractivity (Wildman–Crippen MR) is 105 cm³/mol. The Bertz CT molecular complexity index is 932. The van der Waals surface area contributed by atoms with Crippen molar-refractivity contribution in [3.05, 3.63) is 59.2 Å². The monoisotopic (exact) mass is 420 g/mol. The van der Waals surface area contributed by atoms with E-state index in [2.05, 4.69) is 10.6 Å². The van der Waals surface area contributed by atoms with Crippen LogP contribution in [0.3, 0.4) is 0 Å². The third kappa shape index (κ3) is 5.27. The third-order valence-electron chi connectivity index (χ3n) is 3.46. The van der Waals surface area contributed by atoms with E-state index in [1.807, 2.05) is 0 Å². The number of carboxylic acids is 2. The second-order valence-electron chi connectivity index (χ2n) is 5.30. The van der Waals surface area contributed by atoms with Gasteiger partial charge in [-0.2, -0.15) is 0 Å². The molecule has 0 spiro atoms. The Labute approximate surface area is 168 Å². The highest BCUT2D eigenvalue weighted by Crippen LogP contribution is 2.41. The van der Waals surface area contributed by atoms with Crippen molar-refractivity contribution >= 4 is 45.3 Å². The molecule has 0 aliphatic heterocycles. The van der Waals surface area contributed by atoms with Crippen LogP contribution in [0.15, 0.2) is 52.3 Å². The predicted octanol–water partition coefficient (Wildman–Crippen LogP) is 2.36. The van der Waals surface area contributed by atoms with E-state index in [-0.39, 0.29) is 16.7 Å². The van der Waals surface area contributed by atoms with Crippen LogP contribution < -0.4 is 10.6 Å². The SMILES string of the molecule is CNC(=O)c1cccc(SSc2ccccc2C(=O)NCC(=O)O)c1C(=O)O. The lowest BCUT2D eigenvalue weighted by molar-refractivity contribution is -0.135. The highest BCUT2D eigenvalue weighted by Gasteiger charge is 2.21.